The van der Waals surface area contributed by atoms with Crippen LogP contribution in [0.2, 0.25) is 0 Å². The summed E-state index contributed by atoms with van der Waals surface area (Å²) >= 11 is 0. The van der Waals surface area contributed by atoms with Crippen LogP contribution in [0.25, 0.3) is 22.2 Å². The van der Waals surface area contributed by atoms with Crippen LogP contribution >= 0.6 is 0 Å². The van der Waals surface area contributed by atoms with Crippen molar-refractivity contribution in [1.82, 2.24) is 15.0 Å². The molecule has 3 rings (SSSR count). The molecule has 0 aliphatic carbocycles. The van der Waals surface area contributed by atoms with Crippen LogP contribution in [-0.4, -0.2) is 15.0 Å². The van der Waals surface area contributed by atoms with E-state index in [4.69, 9.17) is 0 Å². The summed E-state index contributed by atoms with van der Waals surface area (Å²) in [6, 6.07) is 11.5. The molecule has 1 aromatic carbocycles. The van der Waals surface area contributed by atoms with Crippen LogP contribution in [0.4, 0.5) is 0 Å². The number of pyridine rings is 1. The molecular formula is C17H17N3O. The maximum atomic E-state index is 12.3. The van der Waals surface area contributed by atoms with Gasteiger partial charge in [-0.1, -0.05) is 51.1 Å². The average Bonchev–Trinajstić information content (AvgIpc) is 2.46. The second kappa shape index (κ2) is 4.81. The van der Waals surface area contributed by atoms with Crippen LogP contribution in [0.15, 0.2) is 47.4 Å². The Kier molecular flexibility index (Phi) is 3.09. The number of fused-ring (bicyclic) bond motifs is 1. The van der Waals surface area contributed by atoms with Gasteiger partial charge in [-0.15, -0.1) is 0 Å². The topological polar surface area (TPSA) is 58.6 Å². The highest BCUT2D eigenvalue weighted by Crippen LogP contribution is 2.25. The first-order valence-corrected chi connectivity index (χ1v) is 6.92. The van der Waals surface area contributed by atoms with Gasteiger partial charge in [0.1, 0.15) is 11.3 Å². The highest BCUT2D eigenvalue weighted by molar-refractivity contribution is 5.90. The molecule has 0 radical (unpaired) electrons. The number of aromatic amines is 1. The first-order valence-electron chi connectivity index (χ1n) is 6.92. The summed E-state index contributed by atoms with van der Waals surface area (Å²) in [6.07, 6.45) is 1.65. The number of nitrogens with one attached hydrogen (secondary N) is 1. The summed E-state index contributed by atoms with van der Waals surface area (Å²) in [7, 11) is 0. The Morgan fingerprint density at radius 3 is 2.43 bits per heavy atom. The second-order valence-electron chi connectivity index (χ2n) is 6.09. The lowest BCUT2D eigenvalue weighted by molar-refractivity contribution is 0.546. The zero-order valence-electron chi connectivity index (χ0n) is 12.3. The van der Waals surface area contributed by atoms with Crippen LogP contribution in [0, 0.1) is 0 Å². The van der Waals surface area contributed by atoms with Crippen molar-refractivity contribution < 1.29 is 0 Å². The summed E-state index contributed by atoms with van der Waals surface area (Å²) < 4.78 is 0. The molecule has 0 fully saturated rings. The zero-order valence-corrected chi connectivity index (χ0v) is 12.3. The summed E-state index contributed by atoms with van der Waals surface area (Å²) in [6.45, 7) is 6.07. The Hall–Kier alpha value is -2.49. The molecule has 0 aliphatic heterocycles. The summed E-state index contributed by atoms with van der Waals surface area (Å²) in [5.41, 5.74) is 2.00. The molecule has 0 atom stereocenters. The molecular weight excluding hydrogens is 262 g/mol. The predicted molar refractivity (Wildman–Crippen MR) is 84.3 cm³/mol. The molecule has 1 N–H and O–H groups in total. The third-order valence-electron chi connectivity index (χ3n) is 3.38. The molecule has 3 aromatic rings. The smallest absolute Gasteiger partial charge is 0.258 e. The molecule has 0 saturated carbocycles. The van der Waals surface area contributed by atoms with E-state index in [0.717, 1.165) is 11.3 Å². The standard InChI is InChI=1S/C17H17N3O/c1-17(2,3)16-19-14-12(15(21)20-16)9-10-18-13(14)11-7-5-4-6-8-11/h4-10H,1-3H3,(H,19,20,21). The fourth-order valence-corrected chi connectivity index (χ4v) is 2.23. The molecule has 21 heavy (non-hydrogen) atoms. The third kappa shape index (κ3) is 2.44. The Labute approximate surface area is 122 Å². The molecule has 0 spiro atoms. The van der Waals surface area contributed by atoms with Gasteiger partial charge in [-0.05, 0) is 6.07 Å². The average molecular weight is 279 g/mol. The van der Waals surface area contributed by atoms with Gasteiger partial charge in [-0.25, -0.2) is 4.98 Å². The predicted octanol–water partition coefficient (Wildman–Crippen LogP) is 3.28. The third-order valence-corrected chi connectivity index (χ3v) is 3.38. The van der Waals surface area contributed by atoms with Gasteiger partial charge >= 0.3 is 0 Å². The molecule has 4 nitrogen and oxygen atoms in total. The van der Waals surface area contributed by atoms with Crippen LogP contribution < -0.4 is 5.56 Å². The van der Waals surface area contributed by atoms with Crippen molar-refractivity contribution in [3.63, 3.8) is 0 Å². The van der Waals surface area contributed by atoms with E-state index >= 15 is 0 Å². The number of H-pyrrole nitrogens is 1. The lowest BCUT2D eigenvalue weighted by Crippen LogP contribution is -2.22. The first kappa shape index (κ1) is 13.5. The molecule has 4 heteroatoms. The van der Waals surface area contributed by atoms with Crippen molar-refractivity contribution in [1.29, 1.82) is 0 Å². The fraction of sp³-hybridized carbons (Fsp3) is 0.235. The number of hydrogen-bond donors (Lipinski definition) is 1. The van der Waals surface area contributed by atoms with Gasteiger partial charge in [-0.3, -0.25) is 9.78 Å². The zero-order chi connectivity index (χ0) is 15.0. The summed E-state index contributed by atoms with van der Waals surface area (Å²) in [5.74, 6) is 0.671. The van der Waals surface area contributed by atoms with Crippen molar-refractivity contribution in [2.75, 3.05) is 0 Å². The molecule has 2 aromatic heterocycles. The number of aromatic nitrogens is 3. The number of nitrogens with zero attached hydrogens (tertiary/aromatic N) is 2. The van der Waals surface area contributed by atoms with Gasteiger partial charge in [0.2, 0.25) is 0 Å². The van der Waals surface area contributed by atoms with Crippen LogP contribution in [0.5, 0.6) is 0 Å². The van der Waals surface area contributed by atoms with Gasteiger partial charge in [0.15, 0.2) is 0 Å². The Morgan fingerprint density at radius 1 is 1.05 bits per heavy atom. The number of rotatable bonds is 1. The molecule has 0 saturated heterocycles. The molecule has 2 heterocycles. The van der Waals surface area contributed by atoms with Crippen LogP contribution in [0.1, 0.15) is 26.6 Å². The SMILES string of the molecule is CC(C)(C)c1nc2c(-c3ccccc3)nccc2c(=O)[nH]1. The largest absolute Gasteiger partial charge is 0.310 e. The fourth-order valence-electron chi connectivity index (χ4n) is 2.23. The van der Waals surface area contributed by atoms with Crippen LogP contribution in [0.3, 0.4) is 0 Å². The van der Waals surface area contributed by atoms with Crippen molar-refractivity contribution in [3.8, 4) is 11.3 Å². The second-order valence-corrected chi connectivity index (χ2v) is 6.09. The monoisotopic (exact) mass is 279 g/mol. The highest BCUT2D eigenvalue weighted by atomic mass is 16.1. The Morgan fingerprint density at radius 2 is 1.76 bits per heavy atom. The maximum Gasteiger partial charge on any atom is 0.258 e. The van der Waals surface area contributed by atoms with Gasteiger partial charge in [0.05, 0.1) is 11.1 Å². The van der Waals surface area contributed by atoms with E-state index in [1.807, 2.05) is 51.1 Å². The van der Waals surface area contributed by atoms with E-state index in [0.29, 0.717) is 16.7 Å². The minimum atomic E-state index is -0.225. The summed E-state index contributed by atoms with van der Waals surface area (Å²) in [4.78, 5) is 24.3. The van der Waals surface area contributed by atoms with E-state index in [-0.39, 0.29) is 11.0 Å². The maximum absolute atomic E-state index is 12.3. The lowest BCUT2D eigenvalue weighted by Gasteiger charge is -2.17. The van der Waals surface area contributed by atoms with Crippen molar-refractivity contribution in [3.05, 3.63) is 58.8 Å². The molecule has 0 bridgehead atoms. The molecule has 0 unspecified atom stereocenters. The molecule has 0 aliphatic rings. The quantitative estimate of drug-likeness (QED) is 0.743. The lowest BCUT2D eigenvalue weighted by atomic mass is 9.95. The van der Waals surface area contributed by atoms with Gasteiger partial charge in [-0.2, -0.15) is 0 Å². The minimum absolute atomic E-state index is 0.121. The van der Waals surface area contributed by atoms with Gasteiger partial charge in [0, 0.05) is 17.2 Å². The summed E-state index contributed by atoms with van der Waals surface area (Å²) in [5, 5.41) is 0.567. The Bertz CT molecular complexity index is 845. The minimum Gasteiger partial charge on any atom is -0.310 e. The van der Waals surface area contributed by atoms with Crippen molar-refractivity contribution in [2.24, 2.45) is 0 Å². The number of hydrogen-bond acceptors (Lipinski definition) is 3. The van der Waals surface area contributed by atoms with E-state index in [9.17, 15) is 4.79 Å². The molecule has 0 amide bonds. The van der Waals surface area contributed by atoms with E-state index < -0.39 is 0 Å². The Balaban J connectivity index is 2.37. The van der Waals surface area contributed by atoms with E-state index in [1.165, 1.54) is 0 Å². The van der Waals surface area contributed by atoms with E-state index in [2.05, 4.69) is 15.0 Å². The van der Waals surface area contributed by atoms with Crippen molar-refractivity contribution in [2.45, 2.75) is 26.2 Å². The van der Waals surface area contributed by atoms with Gasteiger partial charge < -0.3 is 4.98 Å². The van der Waals surface area contributed by atoms with Crippen molar-refractivity contribution >= 4 is 10.9 Å². The highest BCUT2D eigenvalue weighted by Gasteiger charge is 2.19. The van der Waals surface area contributed by atoms with Gasteiger partial charge in [0.25, 0.3) is 5.56 Å². The normalized spacial score (nSPS) is 11.8. The van der Waals surface area contributed by atoms with Crippen LogP contribution in [-0.2, 0) is 5.41 Å². The molecule has 106 valence electrons. The number of benzene rings is 1. The first-order chi connectivity index (χ1) is 9.97. The van der Waals surface area contributed by atoms with E-state index in [1.54, 1.807) is 12.3 Å².